The van der Waals surface area contributed by atoms with Gasteiger partial charge in [-0.2, -0.15) is 0 Å². The van der Waals surface area contributed by atoms with E-state index < -0.39 is 10.7 Å². The molecule has 7 heteroatoms. The quantitative estimate of drug-likeness (QED) is 0.677. The maximum Gasteiger partial charge on any atom is 0.295 e. The fraction of sp³-hybridized carbons (Fsp3) is 0.500. The van der Waals surface area contributed by atoms with E-state index in [-0.39, 0.29) is 22.3 Å². The summed E-state index contributed by atoms with van der Waals surface area (Å²) < 4.78 is 18.8. The van der Waals surface area contributed by atoms with Gasteiger partial charge in [0.25, 0.3) is 5.69 Å². The summed E-state index contributed by atoms with van der Waals surface area (Å²) in [6.45, 7) is 0. The van der Waals surface area contributed by atoms with Gasteiger partial charge in [0.2, 0.25) is 0 Å². The van der Waals surface area contributed by atoms with Crippen LogP contribution in [-0.2, 0) is 4.74 Å². The van der Waals surface area contributed by atoms with Crippen LogP contribution in [0, 0.1) is 15.9 Å². The van der Waals surface area contributed by atoms with Crippen molar-refractivity contribution < 1.29 is 14.1 Å². The van der Waals surface area contributed by atoms with Gasteiger partial charge < -0.3 is 10.1 Å². The van der Waals surface area contributed by atoms with Gasteiger partial charge in [0.1, 0.15) is 11.5 Å². The summed E-state index contributed by atoms with van der Waals surface area (Å²) in [6, 6.07) is 2.45. The number of nitro groups is 1. The number of hydrogen-bond acceptors (Lipinski definition) is 4. The molecule has 1 fully saturated rings. The topological polar surface area (TPSA) is 64.4 Å². The van der Waals surface area contributed by atoms with Crippen LogP contribution in [0.2, 0.25) is 0 Å². The number of benzene rings is 1. The normalized spacial score (nSPS) is 22.5. The molecule has 0 aromatic heterocycles. The van der Waals surface area contributed by atoms with Crippen molar-refractivity contribution in [3.63, 3.8) is 0 Å². The minimum atomic E-state index is -0.640. The highest BCUT2D eigenvalue weighted by molar-refractivity contribution is 9.10. The number of anilines is 1. The molecule has 5 nitrogen and oxygen atoms in total. The van der Waals surface area contributed by atoms with Crippen molar-refractivity contribution in [3.05, 3.63) is 32.5 Å². The van der Waals surface area contributed by atoms with Crippen LogP contribution in [-0.4, -0.2) is 24.2 Å². The van der Waals surface area contributed by atoms with Crippen LogP contribution in [0.15, 0.2) is 16.6 Å². The molecule has 1 aromatic rings. The van der Waals surface area contributed by atoms with E-state index in [0.29, 0.717) is 5.69 Å². The highest BCUT2D eigenvalue weighted by Crippen LogP contribution is 2.33. The Kier molecular flexibility index (Phi) is 4.36. The van der Waals surface area contributed by atoms with Crippen molar-refractivity contribution in [1.82, 2.24) is 0 Å². The molecule has 19 heavy (non-hydrogen) atoms. The van der Waals surface area contributed by atoms with E-state index >= 15 is 0 Å². The van der Waals surface area contributed by atoms with Crippen LogP contribution in [0.5, 0.6) is 0 Å². The minimum absolute atomic E-state index is 0.112. The first-order valence-electron chi connectivity index (χ1n) is 5.94. The van der Waals surface area contributed by atoms with E-state index in [1.165, 1.54) is 6.07 Å². The lowest BCUT2D eigenvalue weighted by Gasteiger charge is -2.15. The molecular formula is C12H14BrFN2O3. The number of nitro benzene ring substituents is 1. The zero-order valence-electron chi connectivity index (χ0n) is 10.4. The summed E-state index contributed by atoms with van der Waals surface area (Å²) in [7, 11) is 1.66. The Balaban J connectivity index is 2.20. The largest absolute Gasteiger partial charge is 0.381 e. The summed E-state index contributed by atoms with van der Waals surface area (Å²) in [4.78, 5) is 10.4. The molecule has 1 aromatic carbocycles. The van der Waals surface area contributed by atoms with Crippen molar-refractivity contribution in [2.75, 3.05) is 12.4 Å². The molecule has 2 rings (SSSR count). The number of nitrogens with zero attached hydrogens (tertiary/aromatic N) is 1. The van der Waals surface area contributed by atoms with Gasteiger partial charge in [-0.05, 0) is 41.3 Å². The predicted molar refractivity (Wildman–Crippen MR) is 72.8 cm³/mol. The molecule has 2 unspecified atom stereocenters. The number of nitrogens with one attached hydrogen (secondary N) is 1. The maximum absolute atomic E-state index is 13.4. The van der Waals surface area contributed by atoms with E-state index in [0.717, 1.165) is 25.3 Å². The molecule has 1 N–H and O–H groups in total. The number of halogens is 2. The van der Waals surface area contributed by atoms with Crippen molar-refractivity contribution in [1.29, 1.82) is 0 Å². The summed E-state index contributed by atoms with van der Waals surface area (Å²) >= 11 is 3.04. The van der Waals surface area contributed by atoms with E-state index in [2.05, 4.69) is 21.2 Å². The minimum Gasteiger partial charge on any atom is -0.381 e. The van der Waals surface area contributed by atoms with Gasteiger partial charge >= 0.3 is 0 Å². The zero-order chi connectivity index (χ0) is 14.0. The average Bonchev–Trinajstić information content (AvgIpc) is 2.81. The third-order valence-electron chi connectivity index (χ3n) is 3.31. The Morgan fingerprint density at radius 3 is 2.84 bits per heavy atom. The molecule has 1 aliphatic rings. The molecule has 0 amide bonds. The summed E-state index contributed by atoms with van der Waals surface area (Å²) in [6.07, 6.45) is 2.78. The Morgan fingerprint density at radius 2 is 2.26 bits per heavy atom. The Labute approximate surface area is 118 Å². The molecular weight excluding hydrogens is 319 g/mol. The Bertz CT molecular complexity index is 498. The smallest absolute Gasteiger partial charge is 0.295 e. The molecule has 0 aliphatic heterocycles. The second-order valence-electron chi connectivity index (χ2n) is 4.55. The first-order chi connectivity index (χ1) is 9.01. The van der Waals surface area contributed by atoms with Crippen LogP contribution in [0.4, 0.5) is 15.8 Å². The third-order valence-corrected chi connectivity index (χ3v) is 3.92. The van der Waals surface area contributed by atoms with Crippen molar-refractivity contribution in [2.45, 2.75) is 31.4 Å². The average molecular weight is 333 g/mol. The lowest BCUT2D eigenvalue weighted by Crippen LogP contribution is -2.18. The highest BCUT2D eigenvalue weighted by atomic mass is 79.9. The van der Waals surface area contributed by atoms with Crippen LogP contribution in [0.1, 0.15) is 19.3 Å². The van der Waals surface area contributed by atoms with E-state index in [1.807, 2.05) is 0 Å². The third kappa shape index (κ3) is 3.22. The van der Waals surface area contributed by atoms with Crippen LogP contribution in [0.3, 0.4) is 0 Å². The zero-order valence-corrected chi connectivity index (χ0v) is 11.9. The van der Waals surface area contributed by atoms with Gasteiger partial charge in [-0.15, -0.1) is 0 Å². The lowest BCUT2D eigenvalue weighted by molar-refractivity contribution is -0.384. The summed E-state index contributed by atoms with van der Waals surface area (Å²) in [5.41, 5.74) is 0.0848. The number of rotatable bonds is 4. The molecule has 0 bridgehead atoms. The monoisotopic (exact) mass is 332 g/mol. The van der Waals surface area contributed by atoms with E-state index in [9.17, 15) is 14.5 Å². The Morgan fingerprint density at radius 1 is 1.53 bits per heavy atom. The van der Waals surface area contributed by atoms with Gasteiger partial charge in [-0.1, -0.05) is 0 Å². The van der Waals surface area contributed by atoms with Crippen LogP contribution < -0.4 is 5.32 Å². The fourth-order valence-electron chi connectivity index (χ4n) is 2.31. The molecule has 0 heterocycles. The maximum atomic E-state index is 13.4. The number of hydrogen-bond donors (Lipinski definition) is 1. The van der Waals surface area contributed by atoms with E-state index in [4.69, 9.17) is 4.74 Å². The Hall–Kier alpha value is -1.21. The number of methoxy groups -OCH3 is 1. The molecule has 1 aliphatic carbocycles. The SMILES string of the molecule is COC1CCC(Nc2cc(Br)c(F)cc2[N+](=O)[O-])C1. The van der Waals surface area contributed by atoms with Gasteiger partial charge in [0, 0.05) is 13.2 Å². The van der Waals surface area contributed by atoms with E-state index in [1.54, 1.807) is 7.11 Å². The van der Waals surface area contributed by atoms with Crippen molar-refractivity contribution >= 4 is 27.3 Å². The molecule has 2 atom stereocenters. The highest BCUT2D eigenvalue weighted by Gasteiger charge is 2.27. The van der Waals surface area contributed by atoms with Gasteiger partial charge in [-0.3, -0.25) is 10.1 Å². The molecule has 104 valence electrons. The predicted octanol–water partition coefficient (Wildman–Crippen LogP) is 3.48. The van der Waals surface area contributed by atoms with Crippen molar-refractivity contribution in [3.8, 4) is 0 Å². The van der Waals surface area contributed by atoms with Gasteiger partial charge in [-0.25, -0.2) is 4.39 Å². The summed E-state index contributed by atoms with van der Waals surface area (Å²) in [5.74, 6) is -0.640. The molecule has 1 saturated carbocycles. The second-order valence-corrected chi connectivity index (χ2v) is 5.41. The van der Waals surface area contributed by atoms with Crippen molar-refractivity contribution in [2.24, 2.45) is 0 Å². The standard InChI is InChI=1S/C12H14BrFN2O3/c1-19-8-3-2-7(4-8)15-11-5-9(13)10(14)6-12(11)16(17)18/h5-8,15H,2-4H2,1H3. The molecule has 0 saturated heterocycles. The fourth-order valence-corrected chi connectivity index (χ4v) is 2.65. The number of ether oxygens (including phenoxy) is 1. The second kappa shape index (κ2) is 5.83. The molecule has 0 radical (unpaired) electrons. The first-order valence-corrected chi connectivity index (χ1v) is 6.73. The lowest BCUT2D eigenvalue weighted by atomic mass is 10.2. The van der Waals surface area contributed by atoms with Crippen LogP contribution in [0.25, 0.3) is 0 Å². The first kappa shape index (κ1) is 14.2. The van der Waals surface area contributed by atoms with Gasteiger partial charge in [0.15, 0.2) is 0 Å². The van der Waals surface area contributed by atoms with Gasteiger partial charge in [0.05, 0.1) is 21.6 Å². The molecule has 0 spiro atoms. The van der Waals surface area contributed by atoms with Crippen LogP contribution >= 0.6 is 15.9 Å². The summed E-state index contributed by atoms with van der Waals surface area (Å²) in [5, 5.41) is 14.0.